The first-order chi connectivity index (χ1) is 29.4. The molecule has 0 amide bonds. The van der Waals surface area contributed by atoms with Gasteiger partial charge in [0.1, 0.15) is 9.79 Å². The van der Waals surface area contributed by atoms with Crippen molar-refractivity contribution in [3.05, 3.63) is 108 Å². The summed E-state index contributed by atoms with van der Waals surface area (Å²) in [7, 11) is -19.4. The predicted octanol–water partition coefficient (Wildman–Crippen LogP) is 7.81. The van der Waals surface area contributed by atoms with E-state index in [1.807, 2.05) is 0 Å². The number of aromatic hydroxyl groups is 1. The third kappa shape index (κ3) is 10.2. The second-order valence-corrected chi connectivity index (χ2v) is 19.1. The lowest BCUT2D eigenvalue weighted by Gasteiger charge is -2.10. The molecular formula is C37H29N9O13S4. The molecule has 0 atom stereocenters. The minimum atomic E-state index is -4.91. The Bertz CT molecular complexity index is 3340. The molecule has 22 nitrogen and oxygen atoms in total. The van der Waals surface area contributed by atoms with Crippen LogP contribution in [0.1, 0.15) is 11.1 Å². The number of fused-ring (bicyclic) bond motifs is 2. The predicted molar refractivity (Wildman–Crippen MR) is 226 cm³/mol. The van der Waals surface area contributed by atoms with E-state index in [1.54, 1.807) is 50.2 Å². The molecule has 6 aromatic carbocycles. The monoisotopic (exact) mass is 935 g/mol. The van der Waals surface area contributed by atoms with Crippen LogP contribution in [0.2, 0.25) is 0 Å². The highest BCUT2D eigenvalue weighted by Crippen LogP contribution is 2.34. The van der Waals surface area contributed by atoms with E-state index in [-0.39, 0.29) is 44.8 Å². The van der Waals surface area contributed by atoms with Crippen LogP contribution in [0.3, 0.4) is 0 Å². The van der Waals surface area contributed by atoms with E-state index < -0.39 is 66.1 Å². The maximum absolute atomic E-state index is 12.1. The molecule has 0 aliphatic carbocycles. The molecule has 0 spiro atoms. The van der Waals surface area contributed by atoms with Crippen molar-refractivity contribution < 1.29 is 57.0 Å². The van der Waals surface area contributed by atoms with Crippen molar-refractivity contribution in [3.63, 3.8) is 0 Å². The molecule has 7 N–H and O–H groups in total. The number of aromatic nitrogens is 3. The fraction of sp³-hybridized carbons (Fsp3) is 0.0541. The van der Waals surface area contributed by atoms with E-state index in [0.29, 0.717) is 46.0 Å². The summed E-state index contributed by atoms with van der Waals surface area (Å²) in [6.07, 6.45) is 0. The SMILES string of the molecule is Cc1cc(Nc2nc(O)nc(Nc3ccc(N=Nc4ccc5cc(S(=O)(=O)O)cc(S(=O)(=O)O)c5c4)c(C)c3)n2)ccc1N=Nc1ccc2cc(S(=O)(=O)O)cc(S(=O)(=O)O)c2c1. The summed E-state index contributed by atoms with van der Waals surface area (Å²) in [6.45, 7) is 3.45. The highest BCUT2D eigenvalue weighted by atomic mass is 32.2. The van der Waals surface area contributed by atoms with Crippen LogP contribution in [-0.2, 0) is 40.5 Å². The van der Waals surface area contributed by atoms with Crippen LogP contribution in [0, 0.1) is 13.8 Å². The first-order valence-electron chi connectivity index (χ1n) is 17.5. The van der Waals surface area contributed by atoms with Crippen LogP contribution in [0.4, 0.5) is 46.0 Å². The summed E-state index contributed by atoms with van der Waals surface area (Å²) in [4.78, 5) is 9.22. The Balaban J connectivity index is 1.05. The number of hydrogen-bond donors (Lipinski definition) is 7. The number of aryl methyl sites for hydroxylation is 2. The largest absolute Gasteiger partial charge is 0.479 e. The standard InChI is InChI=1S/C37H29N9O13S4/c1-19-11-23(7-9-31(19)45-43-25-5-3-21-13-27(60(48,49)50)17-33(29(21)15-25)62(54,55)56)38-35-40-36(42-37(47)41-35)39-24-8-10-32(20(2)12-24)46-44-26-6-4-22-14-28(61(51,52)53)18-34(30(22)16-26)63(57,58)59/h3-18H,1-2H3,(H,48,49,50)(H,51,52,53)(H,54,55,56)(H,57,58,59)(H3,38,39,40,41,42,47). The summed E-state index contributed by atoms with van der Waals surface area (Å²) < 4.78 is 133. The Kier molecular flexibility index (Phi) is 11.5. The van der Waals surface area contributed by atoms with Crippen molar-refractivity contribution in [2.75, 3.05) is 10.6 Å². The molecule has 0 bridgehead atoms. The van der Waals surface area contributed by atoms with Gasteiger partial charge in [0, 0.05) is 22.1 Å². The van der Waals surface area contributed by atoms with Crippen molar-refractivity contribution in [2.24, 2.45) is 20.5 Å². The molecule has 1 aromatic heterocycles. The molecule has 0 unspecified atom stereocenters. The highest BCUT2D eigenvalue weighted by molar-refractivity contribution is 7.87. The van der Waals surface area contributed by atoms with E-state index in [0.717, 1.165) is 12.1 Å². The molecule has 7 rings (SSSR count). The Labute approximate surface area is 357 Å². The van der Waals surface area contributed by atoms with Crippen LogP contribution in [0.25, 0.3) is 21.5 Å². The van der Waals surface area contributed by atoms with E-state index in [2.05, 4.69) is 46.0 Å². The van der Waals surface area contributed by atoms with Gasteiger partial charge in [-0.3, -0.25) is 18.2 Å². The number of hydrogen-bond acceptors (Lipinski definition) is 18. The molecule has 0 saturated heterocycles. The number of benzene rings is 6. The Morgan fingerprint density at radius 3 is 1.21 bits per heavy atom. The fourth-order valence-corrected chi connectivity index (χ4v) is 8.76. The van der Waals surface area contributed by atoms with Gasteiger partial charge in [-0.1, -0.05) is 12.1 Å². The smallest absolute Gasteiger partial charge is 0.320 e. The number of azo groups is 2. The fourth-order valence-electron chi connectivity index (χ4n) is 6.07. The lowest BCUT2D eigenvalue weighted by molar-refractivity contribution is 0.430. The zero-order chi connectivity index (χ0) is 45.6. The lowest BCUT2D eigenvalue weighted by atomic mass is 10.1. The van der Waals surface area contributed by atoms with E-state index >= 15 is 0 Å². The number of anilines is 4. The highest BCUT2D eigenvalue weighted by Gasteiger charge is 2.22. The minimum absolute atomic E-state index is 0.0365. The van der Waals surface area contributed by atoms with Crippen molar-refractivity contribution in [1.29, 1.82) is 0 Å². The van der Waals surface area contributed by atoms with Crippen molar-refractivity contribution in [3.8, 4) is 6.01 Å². The van der Waals surface area contributed by atoms with Crippen molar-refractivity contribution in [2.45, 2.75) is 33.4 Å². The summed E-state index contributed by atoms with van der Waals surface area (Å²) in [6, 6.07) is 20.6. The van der Waals surface area contributed by atoms with Gasteiger partial charge >= 0.3 is 6.01 Å². The molecule has 0 aliphatic rings. The van der Waals surface area contributed by atoms with Gasteiger partial charge in [0.15, 0.2) is 0 Å². The average molecular weight is 936 g/mol. The third-order valence-corrected chi connectivity index (χ3v) is 12.4. The molecule has 1 heterocycles. The van der Waals surface area contributed by atoms with E-state index in [9.17, 15) is 57.0 Å². The van der Waals surface area contributed by atoms with Gasteiger partial charge in [0.25, 0.3) is 40.5 Å². The molecule has 7 aromatic rings. The molecule has 324 valence electrons. The van der Waals surface area contributed by atoms with Crippen LogP contribution < -0.4 is 10.6 Å². The first kappa shape index (κ1) is 44.2. The van der Waals surface area contributed by atoms with Crippen LogP contribution in [-0.4, -0.2) is 71.9 Å². The zero-order valence-electron chi connectivity index (χ0n) is 32.0. The first-order valence-corrected chi connectivity index (χ1v) is 23.3. The second-order valence-electron chi connectivity index (χ2n) is 13.5. The van der Waals surface area contributed by atoms with E-state index in [1.165, 1.54) is 36.4 Å². The summed E-state index contributed by atoms with van der Waals surface area (Å²) in [5, 5.41) is 33.0. The van der Waals surface area contributed by atoms with Crippen LogP contribution >= 0.6 is 0 Å². The van der Waals surface area contributed by atoms with Crippen molar-refractivity contribution in [1.82, 2.24) is 15.0 Å². The van der Waals surface area contributed by atoms with E-state index in [4.69, 9.17) is 0 Å². The topological polar surface area (TPSA) is 350 Å². The van der Waals surface area contributed by atoms with Gasteiger partial charge in [-0.05, 0) is 121 Å². The molecule has 0 radical (unpaired) electrons. The molecule has 0 saturated carbocycles. The lowest BCUT2D eigenvalue weighted by Crippen LogP contribution is -2.04. The van der Waals surface area contributed by atoms with Gasteiger partial charge in [0.2, 0.25) is 11.9 Å². The molecule has 0 fully saturated rings. The minimum Gasteiger partial charge on any atom is -0.479 e. The molecule has 0 aliphatic heterocycles. The normalized spacial score (nSPS) is 12.7. The Morgan fingerprint density at radius 2 is 0.857 bits per heavy atom. The average Bonchev–Trinajstić information content (AvgIpc) is 3.17. The van der Waals surface area contributed by atoms with Gasteiger partial charge in [-0.25, -0.2) is 0 Å². The van der Waals surface area contributed by atoms with Gasteiger partial charge < -0.3 is 15.7 Å². The molecule has 26 heteroatoms. The van der Waals surface area contributed by atoms with Gasteiger partial charge in [-0.2, -0.15) is 69.1 Å². The van der Waals surface area contributed by atoms with Crippen LogP contribution in [0.5, 0.6) is 6.01 Å². The second kappa shape index (κ2) is 16.4. The Hall–Kier alpha value is -6.91. The third-order valence-electron chi connectivity index (χ3n) is 8.97. The van der Waals surface area contributed by atoms with Crippen molar-refractivity contribution >= 4 is 108 Å². The summed E-state index contributed by atoms with van der Waals surface area (Å²) in [5.74, 6) is -0.0729. The molecular weight excluding hydrogens is 907 g/mol. The number of nitrogens with one attached hydrogen (secondary N) is 2. The summed E-state index contributed by atoms with van der Waals surface area (Å²) >= 11 is 0. The Morgan fingerprint density at radius 1 is 0.460 bits per heavy atom. The maximum atomic E-state index is 12.1. The number of rotatable bonds is 12. The quantitative estimate of drug-likeness (QED) is 0.0453. The molecule has 63 heavy (non-hydrogen) atoms. The van der Waals surface area contributed by atoms with Gasteiger partial charge in [-0.15, -0.1) is 0 Å². The maximum Gasteiger partial charge on any atom is 0.320 e. The van der Waals surface area contributed by atoms with Gasteiger partial charge in [0.05, 0.1) is 32.5 Å². The summed E-state index contributed by atoms with van der Waals surface area (Å²) in [5.41, 5.74) is 3.31. The zero-order valence-corrected chi connectivity index (χ0v) is 35.3. The number of nitrogens with zero attached hydrogens (tertiary/aromatic N) is 7. The van der Waals surface area contributed by atoms with Crippen LogP contribution in [0.15, 0.2) is 137 Å².